The van der Waals surface area contributed by atoms with Gasteiger partial charge in [0, 0.05) is 9.13 Å². The number of aliphatic hydroxyl groups is 1. The predicted octanol–water partition coefficient (Wildman–Crippen LogP) is 3.74. The number of rotatable bonds is 2. The largest absolute Gasteiger partial charge is 0.458 e. The van der Waals surface area contributed by atoms with Gasteiger partial charge in [0.25, 0.3) is 0 Å². The first-order valence-electron chi connectivity index (χ1n) is 4.81. The first-order chi connectivity index (χ1) is 7.58. The summed E-state index contributed by atoms with van der Waals surface area (Å²) in [5, 5.41) is 9.34. The lowest BCUT2D eigenvalue weighted by Gasteiger charge is -2.02. The number of aliphatic hydroxyl groups excluding tert-OH is 1. The summed E-state index contributed by atoms with van der Waals surface area (Å²) in [5.74, 6) is 0.880. The van der Waals surface area contributed by atoms with Crippen molar-refractivity contribution in [2.45, 2.75) is 13.0 Å². The van der Waals surface area contributed by atoms with Gasteiger partial charge >= 0.3 is 0 Å². The van der Waals surface area contributed by atoms with E-state index in [0.717, 1.165) is 9.13 Å². The van der Waals surface area contributed by atoms with E-state index in [0.29, 0.717) is 11.5 Å². The maximum atomic E-state index is 12.9. The average molecular weight is 332 g/mol. The molecule has 84 valence electrons. The van der Waals surface area contributed by atoms with Gasteiger partial charge in [-0.05, 0) is 59.8 Å². The van der Waals surface area contributed by atoms with Crippen LogP contribution in [0.1, 0.15) is 18.8 Å². The van der Waals surface area contributed by atoms with Gasteiger partial charge in [-0.15, -0.1) is 0 Å². The standard InChI is InChI=1S/C12H10FIO2/c1-7(15)11-4-5-12(16-11)9-3-2-8(13)6-10(9)14/h2-7,15H,1H3. The molecule has 0 radical (unpaired) electrons. The van der Waals surface area contributed by atoms with Crippen molar-refractivity contribution in [2.75, 3.05) is 0 Å². The highest BCUT2D eigenvalue weighted by atomic mass is 127. The molecule has 0 fully saturated rings. The number of halogens is 2. The highest BCUT2D eigenvalue weighted by molar-refractivity contribution is 14.1. The molecule has 1 unspecified atom stereocenters. The molecule has 1 aromatic carbocycles. The van der Waals surface area contributed by atoms with Gasteiger partial charge in [-0.25, -0.2) is 4.39 Å². The molecule has 16 heavy (non-hydrogen) atoms. The normalized spacial score (nSPS) is 12.8. The predicted molar refractivity (Wildman–Crippen MR) is 67.5 cm³/mol. The van der Waals surface area contributed by atoms with Crippen LogP contribution < -0.4 is 0 Å². The van der Waals surface area contributed by atoms with Crippen LogP contribution in [0.2, 0.25) is 0 Å². The van der Waals surface area contributed by atoms with Crippen molar-refractivity contribution in [3.05, 3.63) is 45.5 Å². The molecule has 0 amide bonds. The van der Waals surface area contributed by atoms with E-state index in [1.165, 1.54) is 12.1 Å². The van der Waals surface area contributed by atoms with Crippen LogP contribution in [0.25, 0.3) is 11.3 Å². The van der Waals surface area contributed by atoms with Crippen LogP contribution in [0.15, 0.2) is 34.7 Å². The highest BCUT2D eigenvalue weighted by Gasteiger charge is 2.11. The minimum atomic E-state index is -0.633. The van der Waals surface area contributed by atoms with E-state index >= 15 is 0 Å². The Labute approximate surface area is 106 Å². The van der Waals surface area contributed by atoms with Gasteiger partial charge in [0.05, 0.1) is 0 Å². The second-order valence-corrected chi connectivity index (χ2v) is 4.66. The third kappa shape index (κ3) is 2.27. The van der Waals surface area contributed by atoms with Crippen LogP contribution in [-0.4, -0.2) is 5.11 Å². The quantitative estimate of drug-likeness (QED) is 0.850. The maximum Gasteiger partial charge on any atom is 0.135 e. The van der Waals surface area contributed by atoms with E-state index in [-0.39, 0.29) is 5.82 Å². The summed E-state index contributed by atoms with van der Waals surface area (Å²) in [4.78, 5) is 0. The van der Waals surface area contributed by atoms with E-state index < -0.39 is 6.10 Å². The zero-order valence-electron chi connectivity index (χ0n) is 8.58. The molecule has 0 aliphatic heterocycles. The van der Waals surface area contributed by atoms with Crippen molar-refractivity contribution < 1.29 is 13.9 Å². The topological polar surface area (TPSA) is 33.4 Å². The van der Waals surface area contributed by atoms with E-state index in [9.17, 15) is 9.50 Å². The van der Waals surface area contributed by atoms with Crippen molar-refractivity contribution in [2.24, 2.45) is 0 Å². The lowest BCUT2D eigenvalue weighted by atomic mass is 10.2. The summed E-state index contributed by atoms with van der Waals surface area (Å²) in [5.41, 5.74) is 0.828. The number of furan rings is 1. The van der Waals surface area contributed by atoms with Crippen molar-refractivity contribution in [1.29, 1.82) is 0 Å². The number of hydrogen-bond donors (Lipinski definition) is 1. The molecule has 1 aromatic heterocycles. The summed E-state index contributed by atoms with van der Waals surface area (Å²) in [7, 11) is 0. The van der Waals surface area contributed by atoms with Gasteiger partial charge in [-0.3, -0.25) is 0 Å². The van der Waals surface area contributed by atoms with Crippen LogP contribution in [0.5, 0.6) is 0 Å². The van der Waals surface area contributed by atoms with Crippen molar-refractivity contribution in [3.63, 3.8) is 0 Å². The van der Waals surface area contributed by atoms with Crippen molar-refractivity contribution in [3.8, 4) is 11.3 Å². The van der Waals surface area contributed by atoms with Gasteiger partial charge in [0.15, 0.2) is 0 Å². The Balaban J connectivity index is 2.42. The second kappa shape index (κ2) is 4.55. The molecule has 4 heteroatoms. The number of benzene rings is 1. The van der Waals surface area contributed by atoms with Gasteiger partial charge in [-0.2, -0.15) is 0 Å². The van der Waals surface area contributed by atoms with Crippen molar-refractivity contribution >= 4 is 22.6 Å². The minimum Gasteiger partial charge on any atom is -0.458 e. The average Bonchev–Trinajstić information content (AvgIpc) is 2.66. The second-order valence-electron chi connectivity index (χ2n) is 3.50. The lowest BCUT2D eigenvalue weighted by Crippen LogP contribution is -1.86. The fourth-order valence-corrected chi connectivity index (χ4v) is 2.15. The van der Waals surface area contributed by atoms with Gasteiger partial charge < -0.3 is 9.52 Å². The lowest BCUT2D eigenvalue weighted by molar-refractivity contribution is 0.170. The van der Waals surface area contributed by atoms with E-state index in [1.807, 2.05) is 0 Å². The first kappa shape index (κ1) is 11.6. The summed E-state index contributed by atoms with van der Waals surface area (Å²) < 4.78 is 19.2. The molecular formula is C12H10FIO2. The Hall–Kier alpha value is -0.880. The van der Waals surface area contributed by atoms with E-state index in [1.54, 1.807) is 25.1 Å². The fraction of sp³-hybridized carbons (Fsp3) is 0.167. The van der Waals surface area contributed by atoms with Gasteiger partial charge in [0.1, 0.15) is 23.4 Å². The summed E-state index contributed by atoms with van der Waals surface area (Å²) in [6.07, 6.45) is -0.633. The Kier molecular flexibility index (Phi) is 3.30. The minimum absolute atomic E-state index is 0.268. The van der Waals surface area contributed by atoms with Crippen LogP contribution in [0.4, 0.5) is 4.39 Å². The smallest absolute Gasteiger partial charge is 0.135 e. The van der Waals surface area contributed by atoms with Crippen LogP contribution in [-0.2, 0) is 0 Å². The SMILES string of the molecule is CC(O)c1ccc(-c2ccc(F)cc2I)o1. The summed E-state index contributed by atoms with van der Waals surface area (Å²) in [6, 6.07) is 8.00. The van der Waals surface area contributed by atoms with Gasteiger partial charge in [-0.1, -0.05) is 0 Å². The highest BCUT2D eigenvalue weighted by Crippen LogP contribution is 2.29. The Morgan fingerprint density at radius 3 is 2.62 bits per heavy atom. The molecule has 2 nitrogen and oxygen atoms in total. The molecule has 2 rings (SSSR count). The van der Waals surface area contributed by atoms with E-state index in [4.69, 9.17) is 4.42 Å². The zero-order chi connectivity index (χ0) is 11.7. The molecular weight excluding hydrogens is 322 g/mol. The molecule has 0 aliphatic rings. The Bertz CT molecular complexity index is 505. The first-order valence-corrected chi connectivity index (χ1v) is 5.89. The Morgan fingerprint density at radius 1 is 1.31 bits per heavy atom. The molecule has 0 saturated heterocycles. The summed E-state index contributed by atoms with van der Waals surface area (Å²) in [6.45, 7) is 1.64. The molecule has 0 bridgehead atoms. The van der Waals surface area contributed by atoms with Gasteiger partial charge in [0.2, 0.25) is 0 Å². The maximum absolute atomic E-state index is 12.9. The molecule has 2 aromatic rings. The molecule has 1 atom stereocenters. The van der Waals surface area contributed by atoms with Crippen LogP contribution in [0, 0.1) is 9.39 Å². The Morgan fingerprint density at radius 2 is 2.06 bits per heavy atom. The third-order valence-corrected chi connectivity index (χ3v) is 3.13. The molecule has 0 saturated carbocycles. The molecule has 0 aliphatic carbocycles. The number of hydrogen-bond acceptors (Lipinski definition) is 2. The summed E-state index contributed by atoms with van der Waals surface area (Å²) >= 11 is 2.05. The monoisotopic (exact) mass is 332 g/mol. The zero-order valence-corrected chi connectivity index (χ0v) is 10.7. The van der Waals surface area contributed by atoms with E-state index in [2.05, 4.69) is 22.6 Å². The van der Waals surface area contributed by atoms with Crippen LogP contribution >= 0.6 is 22.6 Å². The van der Waals surface area contributed by atoms with Crippen molar-refractivity contribution in [1.82, 2.24) is 0 Å². The molecule has 1 heterocycles. The fourth-order valence-electron chi connectivity index (χ4n) is 1.41. The third-order valence-electron chi connectivity index (χ3n) is 2.24. The molecule has 0 spiro atoms. The van der Waals surface area contributed by atoms with Crippen LogP contribution in [0.3, 0.4) is 0 Å². The molecule has 1 N–H and O–H groups in total.